The molecule has 3 saturated carbocycles. The zero-order valence-corrected chi connectivity index (χ0v) is 21.5. The van der Waals surface area contributed by atoms with Gasteiger partial charge in [0.1, 0.15) is 0 Å². The fraction of sp³-hybridized carbons (Fsp3) is 0.724. The van der Waals surface area contributed by atoms with Crippen molar-refractivity contribution < 1.29 is 24.9 Å². The highest BCUT2D eigenvalue weighted by Gasteiger charge is 2.69. The lowest BCUT2D eigenvalue weighted by Crippen LogP contribution is -2.66. The highest BCUT2D eigenvalue weighted by molar-refractivity contribution is 6.02. The van der Waals surface area contributed by atoms with E-state index in [9.17, 15) is 24.9 Å². The molecule has 7 atom stereocenters. The predicted molar refractivity (Wildman–Crippen MR) is 130 cm³/mol. The minimum Gasteiger partial charge on any atom is -0.504 e. The number of rotatable bonds is 1. The van der Waals surface area contributed by atoms with Gasteiger partial charge in [0.15, 0.2) is 17.3 Å². The maximum absolute atomic E-state index is 13.6. The maximum Gasteiger partial charge on any atom is 0.309 e. The lowest BCUT2D eigenvalue weighted by atomic mass is 9.32. The molecule has 5 heteroatoms. The summed E-state index contributed by atoms with van der Waals surface area (Å²) >= 11 is 0. The van der Waals surface area contributed by atoms with Gasteiger partial charge in [-0.1, -0.05) is 27.7 Å². The number of fused-ring (bicyclic) bond motifs is 7. The first-order valence-corrected chi connectivity index (χ1v) is 13.0. The number of carboxylic acid groups (broad SMARTS) is 1. The van der Waals surface area contributed by atoms with Crippen molar-refractivity contribution in [2.24, 2.45) is 33.5 Å². The zero-order chi connectivity index (χ0) is 25.1. The molecule has 3 N–H and O–H groups in total. The van der Waals surface area contributed by atoms with E-state index in [0.29, 0.717) is 29.9 Å². The largest absolute Gasteiger partial charge is 0.504 e. The van der Waals surface area contributed by atoms with Crippen LogP contribution in [-0.2, 0) is 10.2 Å². The Kier molecular flexibility index (Phi) is 4.73. The fourth-order valence-corrected chi connectivity index (χ4v) is 9.34. The minimum absolute atomic E-state index is 0.0584. The Hall–Kier alpha value is -2.04. The van der Waals surface area contributed by atoms with Crippen molar-refractivity contribution in [1.29, 1.82) is 0 Å². The molecule has 1 aromatic rings. The van der Waals surface area contributed by atoms with Crippen LogP contribution in [0, 0.1) is 40.4 Å². The quantitative estimate of drug-likeness (QED) is 0.417. The lowest BCUT2D eigenvalue weighted by molar-refractivity contribution is -0.211. The van der Waals surface area contributed by atoms with Crippen LogP contribution in [0.2, 0.25) is 0 Å². The van der Waals surface area contributed by atoms with E-state index in [1.54, 1.807) is 13.0 Å². The molecule has 0 spiro atoms. The molecule has 4 aliphatic carbocycles. The van der Waals surface area contributed by atoms with Crippen molar-refractivity contribution in [2.75, 3.05) is 0 Å². The molecule has 5 nitrogen and oxygen atoms in total. The van der Waals surface area contributed by atoms with E-state index in [2.05, 4.69) is 27.7 Å². The third kappa shape index (κ3) is 2.67. The molecule has 0 saturated heterocycles. The summed E-state index contributed by atoms with van der Waals surface area (Å²) in [5.74, 6) is -0.550. The van der Waals surface area contributed by atoms with Gasteiger partial charge in [0.25, 0.3) is 0 Å². The van der Waals surface area contributed by atoms with Crippen molar-refractivity contribution in [3.05, 3.63) is 22.8 Å². The smallest absolute Gasteiger partial charge is 0.309 e. The molecule has 1 aromatic carbocycles. The number of carboxylic acids is 1. The number of benzene rings is 1. The van der Waals surface area contributed by atoms with Crippen molar-refractivity contribution in [1.82, 2.24) is 0 Å². The van der Waals surface area contributed by atoms with E-state index in [0.717, 1.165) is 44.1 Å². The van der Waals surface area contributed by atoms with Gasteiger partial charge in [-0.15, -0.1) is 0 Å². The average Bonchev–Trinajstić information content (AvgIpc) is 2.77. The van der Waals surface area contributed by atoms with Gasteiger partial charge in [0, 0.05) is 17.5 Å². The summed E-state index contributed by atoms with van der Waals surface area (Å²) in [7, 11) is 0. The predicted octanol–water partition coefficient (Wildman–Crippen LogP) is 6.36. The Bertz CT molecular complexity index is 1110. The maximum atomic E-state index is 13.6. The summed E-state index contributed by atoms with van der Waals surface area (Å²) in [6.07, 6.45) is 6.79. The SMILES string of the molecule is Cc1c(O)c(O)cc2c1C(=O)CC1[C@@]2(C)CC[C@@]2(C)[C@@H]3C[C@](C)(C(=O)O)CC[C@]3(C)CC[C@]12C. The van der Waals surface area contributed by atoms with Crippen molar-refractivity contribution in [3.8, 4) is 11.5 Å². The van der Waals surface area contributed by atoms with Gasteiger partial charge < -0.3 is 15.3 Å². The van der Waals surface area contributed by atoms with E-state index in [1.165, 1.54) is 0 Å². The van der Waals surface area contributed by atoms with Crippen LogP contribution >= 0.6 is 0 Å². The van der Waals surface area contributed by atoms with Gasteiger partial charge in [0.05, 0.1) is 5.41 Å². The van der Waals surface area contributed by atoms with Gasteiger partial charge in [0.2, 0.25) is 0 Å². The Balaban J connectivity index is 1.64. The zero-order valence-electron chi connectivity index (χ0n) is 21.5. The van der Waals surface area contributed by atoms with Crippen LogP contribution in [0.5, 0.6) is 11.5 Å². The molecule has 186 valence electrons. The van der Waals surface area contributed by atoms with Crippen LogP contribution in [0.4, 0.5) is 0 Å². The van der Waals surface area contributed by atoms with Gasteiger partial charge >= 0.3 is 5.97 Å². The molecule has 0 aromatic heterocycles. The second kappa shape index (κ2) is 6.79. The third-order valence-electron chi connectivity index (χ3n) is 12.1. The molecule has 4 aliphatic rings. The first kappa shape index (κ1) is 23.7. The van der Waals surface area contributed by atoms with Gasteiger partial charge in [-0.3, -0.25) is 9.59 Å². The van der Waals surface area contributed by atoms with Crippen molar-refractivity contribution >= 4 is 11.8 Å². The molecule has 0 aliphatic heterocycles. The average molecular weight is 469 g/mol. The van der Waals surface area contributed by atoms with Gasteiger partial charge in [-0.05, 0) is 104 Å². The van der Waals surface area contributed by atoms with Crippen LogP contribution < -0.4 is 0 Å². The Labute approximate surface area is 203 Å². The summed E-state index contributed by atoms with van der Waals surface area (Å²) in [4.78, 5) is 25.8. The number of ketones is 1. The normalized spacial score (nSPS) is 45.5. The molecule has 3 fully saturated rings. The highest BCUT2D eigenvalue weighted by Crippen LogP contribution is 2.75. The fourth-order valence-electron chi connectivity index (χ4n) is 9.34. The van der Waals surface area contributed by atoms with Crippen LogP contribution in [0.15, 0.2) is 6.07 Å². The van der Waals surface area contributed by atoms with Gasteiger partial charge in [-0.25, -0.2) is 0 Å². The van der Waals surface area contributed by atoms with E-state index in [1.807, 2.05) is 6.92 Å². The summed E-state index contributed by atoms with van der Waals surface area (Å²) < 4.78 is 0. The molecule has 0 bridgehead atoms. The Morgan fingerprint density at radius 3 is 2.15 bits per heavy atom. The summed E-state index contributed by atoms with van der Waals surface area (Å²) in [5, 5.41) is 30.9. The number of carbonyl (C=O) groups is 2. The number of phenols is 2. The summed E-state index contributed by atoms with van der Waals surface area (Å²) in [6.45, 7) is 13.0. The van der Waals surface area contributed by atoms with E-state index in [-0.39, 0.29) is 44.9 Å². The van der Waals surface area contributed by atoms with E-state index in [4.69, 9.17) is 0 Å². The Morgan fingerprint density at radius 1 is 0.912 bits per heavy atom. The molecule has 1 unspecified atom stereocenters. The molecular weight excluding hydrogens is 428 g/mol. The monoisotopic (exact) mass is 468 g/mol. The standard InChI is InChI=1S/C29H40O5/c1-16-22-17(13-19(31)23(16)32)27(4)10-12-29(6)21-15-26(3,24(33)34)8-7-25(21,2)9-11-28(29,5)20(27)14-18(22)30/h13,20-21,31-32H,7-12,14-15H2,1-6H3,(H,33,34)/t20?,21-,25-,26-,27+,28-,29+/m1/s1. The van der Waals surface area contributed by atoms with Gasteiger partial charge in [-0.2, -0.15) is 0 Å². The molecular formula is C29H40O5. The number of hydrogen-bond donors (Lipinski definition) is 3. The third-order valence-corrected chi connectivity index (χ3v) is 12.1. The van der Waals surface area contributed by atoms with Crippen LogP contribution in [0.1, 0.15) is 107 Å². The highest BCUT2D eigenvalue weighted by atomic mass is 16.4. The molecule has 5 rings (SSSR count). The topological polar surface area (TPSA) is 94.8 Å². The number of Topliss-reactive ketones (excluding diaryl/α,β-unsaturated/α-hetero) is 1. The summed E-state index contributed by atoms with van der Waals surface area (Å²) in [6, 6.07) is 1.64. The Morgan fingerprint density at radius 2 is 1.50 bits per heavy atom. The van der Waals surface area contributed by atoms with Crippen LogP contribution in [0.25, 0.3) is 0 Å². The number of aliphatic carboxylic acids is 1. The second-order valence-corrected chi connectivity index (χ2v) is 13.5. The first-order valence-electron chi connectivity index (χ1n) is 13.0. The molecule has 0 radical (unpaired) electrons. The van der Waals surface area contributed by atoms with E-state index < -0.39 is 11.4 Å². The molecule has 0 amide bonds. The lowest BCUT2D eigenvalue weighted by Gasteiger charge is -2.71. The second-order valence-electron chi connectivity index (χ2n) is 13.5. The molecule has 34 heavy (non-hydrogen) atoms. The van der Waals surface area contributed by atoms with Crippen molar-refractivity contribution in [2.45, 2.75) is 98.3 Å². The first-order chi connectivity index (χ1) is 15.6. The van der Waals surface area contributed by atoms with Crippen LogP contribution in [0.3, 0.4) is 0 Å². The summed E-state index contributed by atoms with van der Waals surface area (Å²) in [5.41, 5.74) is 0.957. The minimum atomic E-state index is -0.693. The number of hydrogen-bond acceptors (Lipinski definition) is 4. The van der Waals surface area contributed by atoms with E-state index >= 15 is 0 Å². The molecule has 0 heterocycles. The number of phenolic OH excluding ortho intramolecular Hbond substituents is 2. The van der Waals surface area contributed by atoms with Crippen molar-refractivity contribution in [3.63, 3.8) is 0 Å². The number of carbonyl (C=O) groups excluding carboxylic acids is 1. The van der Waals surface area contributed by atoms with Crippen LogP contribution in [-0.4, -0.2) is 27.1 Å². The number of aromatic hydroxyl groups is 2.